The van der Waals surface area contributed by atoms with Gasteiger partial charge in [-0.05, 0) is 60.1 Å². The summed E-state index contributed by atoms with van der Waals surface area (Å²) in [5.41, 5.74) is 0. The average molecular weight is 597 g/mol. The molecule has 2 saturated heterocycles. The van der Waals surface area contributed by atoms with Crippen molar-refractivity contribution in [2.24, 2.45) is 5.92 Å². The van der Waals surface area contributed by atoms with Crippen molar-refractivity contribution >= 4 is 39.2 Å². The zero-order chi connectivity index (χ0) is 24.7. The lowest BCUT2D eigenvalue weighted by Crippen LogP contribution is -2.67. The normalized spacial score (nSPS) is 33.9. The van der Waals surface area contributed by atoms with Crippen molar-refractivity contribution in [3.8, 4) is 0 Å². The van der Waals surface area contributed by atoms with Crippen LogP contribution >= 0.6 is 22.6 Å². The van der Waals surface area contributed by atoms with E-state index in [1.165, 1.54) is 0 Å². The Morgan fingerprint density at radius 3 is 1.84 bits per heavy atom. The summed E-state index contributed by atoms with van der Waals surface area (Å²) in [5.74, 6) is 0.243. The first-order valence-electron chi connectivity index (χ1n) is 12.3. The van der Waals surface area contributed by atoms with Gasteiger partial charge < -0.3 is 18.3 Å². The van der Waals surface area contributed by atoms with Gasteiger partial charge in [-0.1, -0.05) is 77.1 Å². The van der Waals surface area contributed by atoms with Gasteiger partial charge in [0.25, 0.3) is 0 Å². The van der Waals surface area contributed by atoms with Crippen LogP contribution in [0.3, 0.4) is 0 Å². The van der Waals surface area contributed by atoms with Gasteiger partial charge in [0.15, 0.2) is 16.6 Å². The molecule has 7 atom stereocenters. The van der Waals surface area contributed by atoms with Crippen molar-refractivity contribution < 1.29 is 18.3 Å². The largest absolute Gasteiger partial charge is 0.409 e. The second-order valence-corrected chi connectivity index (χ2v) is 23.2. The Morgan fingerprint density at radius 1 is 0.875 bits per heavy atom. The highest BCUT2D eigenvalue weighted by atomic mass is 127. The molecule has 0 spiro atoms. The molecule has 4 nitrogen and oxygen atoms in total. The van der Waals surface area contributed by atoms with Crippen LogP contribution in [0.4, 0.5) is 0 Å². The van der Waals surface area contributed by atoms with Crippen LogP contribution in [0.1, 0.15) is 68.2 Å². The zero-order valence-corrected chi connectivity index (χ0v) is 26.8. The molecule has 2 aliphatic rings. The smallest absolute Gasteiger partial charge is 0.192 e. The van der Waals surface area contributed by atoms with Crippen molar-refractivity contribution in [1.29, 1.82) is 0 Å². The molecule has 0 aromatic heterocycles. The Morgan fingerprint density at radius 2 is 1.38 bits per heavy atom. The predicted octanol–water partition coefficient (Wildman–Crippen LogP) is 7.69. The summed E-state index contributed by atoms with van der Waals surface area (Å²) in [6, 6.07) is 0. The van der Waals surface area contributed by atoms with Crippen LogP contribution in [-0.4, -0.2) is 53.3 Å². The molecule has 0 saturated carbocycles. The van der Waals surface area contributed by atoms with Crippen molar-refractivity contribution in [3.63, 3.8) is 0 Å². The van der Waals surface area contributed by atoms with Crippen LogP contribution in [-0.2, 0) is 18.3 Å². The molecule has 2 fully saturated rings. The Bertz CT molecular complexity index is 653. The third-order valence-corrected chi connectivity index (χ3v) is 17.6. The Balaban J connectivity index is 2.55. The van der Waals surface area contributed by atoms with Gasteiger partial charge in [-0.3, -0.25) is 0 Å². The van der Waals surface area contributed by atoms with Gasteiger partial charge in [0, 0.05) is 5.92 Å². The Hall–Kier alpha value is 0.744. The van der Waals surface area contributed by atoms with E-state index >= 15 is 0 Å². The summed E-state index contributed by atoms with van der Waals surface area (Å²) < 4.78 is 29.8. The van der Waals surface area contributed by atoms with E-state index in [0.717, 1.165) is 12.8 Å². The maximum Gasteiger partial charge on any atom is 0.192 e. The van der Waals surface area contributed by atoms with Gasteiger partial charge in [-0.25, -0.2) is 0 Å². The molecule has 7 heteroatoms. The highest BCUT2D eigenvalue weighted by molar-refractivity contribution is 14.1. The Kier molecular flexibility index (Phi) is 9.41. The van der Waals surface area contributed by atoms with Crippen molar-refractivity contribution in [3.05, 3.63) is 10.2 Å². The molecule has 32 heavy (non-hydrogen) atoms. The fraction of sp³-hybridized carbons (Fsp3) is 0.920. The maximum absolute atomic E-state index is 7.20. The van der Waals surface area contributed by atoms with Crippen LogP contribution in [0.25, 0.3) is 0 Å². The van der Waals surface area contributed by atoms with E-state index in [9.17, 15) is 0 Å². The van der Waals surface area contributed by atoms with E-state index in [0.29, 0.717) is 0 Å². The van der Waals surface area contributed by atoms with Gasteiger partial charge in [0.2, 0.25) is 0 Å². The number of fused-ring (bicyclic) bond motifs is 1. The number of halogens is 1. The first-order chi connectivity index (χ1) is 14.4. The van der Waals surface area contributed by atoms with E-state index < -0.39 is 16.6 Å². The number of ether oxygens (including phenoxy) is 2. The topological polar surface area (TPSA) is 36.9 Å². The minimum absolute atomic E-state index is 0.0387. The third kappa shape index (κ3) is 6.49. The third-order valence-electron chi connectivity index (χ3n) is 8.29. The lowest BCUT2D eigenvalue weighted by molar-refractivity contribution is -0.260. The number of hydrogen-bond donors (Lipinski definition) is 0. The minimum Gasteiger partial charge on any atom is -0.409 e. The highest BCUT2D eigenvalue weighted by Crippen LogP contribution is 2.46. The highest BCUT2D eigenvalue weighted by Gasteiger charge is 2.55. The molecule has 2 rings (SSSR count). The second-order valence-electron chi connectivity index (χ2n) is 13.0. The first kappa shape index (κ1) is 29.0. The molecule has 2 aliphatic heterocycles. The first-order valence-corrected chi connectivity index (χ1v) is 19.4. The van der Waals surface area contributed by atoms with Crippen LogP contribution in [0.5, 0.6) is 0 Å². The summed E-state index contributed by atoms with van der Waals surface area (Å²) in [5, 5.41) is 0.227. The zero-order valence-electron chi connectivity index (χ0n) is 22.6. The fourth-order valence-electron chi connectivity index (χ4n) is 4.02. The molecule has 0 amide bonds. The SMILES string of the molecule is C[C@H]1CC[C@@H]2O[C@@H]([C@@H](C)/C=C/I)[C@@H](O[Si](C)(C)C(C)(C)C)[C@@H](O[Si](C)(C)C(C)(C)C)[C@H]2O1. The van der Waals surface area contributed by atoms with Crippen molar-refractivity contribution in [2.45, 2.75) is 141 Å². The monoisotopic (exact) mass is 596 g/mol. The quantitative estimate of drug-likeness (QED) is 0.233. The van der Waals surface area contributed by atoms with Crippen LogP contribution in [0, 0.1) is 5.92 Å². The molecule has 0 N–H and O–H groups in total. The standard InChI is InChI=1S/C25H49IO4Si2/c1-17(15-16-26)20-22(29-31(9,10)24(3,4)5)23(30-32(11,12)25(6,7)8)21-19(28-20)14-13-18(2)27-21/h15-23H,13-14H2,1-12H3/b16-15+/t17-,18-,19-,20-,21-,22+,23-/m0/s1. The van der Waals surface area contributed by atoms with E-state index in [4.69, 9.17) is 18.3 Å². The summed E-state index contributed by atoms with van der Waals surface area (Å²) in [6.07, 6.45) is 4.22. The summed E-state index contributed by atoms with van der Waals surface area (Å²) in [7, 11) is -4.12. The number of rotatable bonds is 6. The predicted molar refractivity (Wildman–Crippen MR) is 149 cm³/mol. The molecule has 2 heterocycles. The average Bonchev–Trinajstić information content (AvgIpc) is 2.61. The number of hydrogen-bond acceptors (Lipinski definition) is 4. The molecule has 0 aromatic carbocycles. The molecular weight excluding hydrogens is 547 g/mol. The Labute approximate surface area is 214 Å². The molecule has 188 valence electrons. The van der Waals surface area contributed by atoms with E-state index in [1.54, 1.807) is 0 Å². The van der Waals surface area contributed by atoms with E-state index in [2.05, 4.69) is 114 Å². The molecule has 0 radical (unpaired) electrons. The lowest BCUT2D eigenvalue weighted by atomic mass is 9.85. The summed E-state index contributed by atoms with van der Waals surface area (Å²) in [6.45, 7) is 27.6. The molecule has 0 aromatic rings. The molecule has 0 unspecified atom stereocenters. The van der Waals surface area contributed by atoms with Crippen LogP contribution in [0.2, 0.25) is 36.3 Å². The van der Waals surface area contributed by atoms with Crippen LogP contribution in [0.15, 0.2) is 10.2 Å². The van der Waals surface area contributed by atoms with Gasteiger partial charge in [0.05, 0.1) is 24.4 Å². The van der Waals surface area contributed by atoms with Crippen LogP contribution < -0.4 is 0 Å². The lowest BCUT2D eigenvalue weighted by Gasteiger charge is -2.55. The molecular formula is C25H49IO4Si2. The van der Waals surface area contributed by atoms with Gasteiger partial charge >= 0.3 is 0 Å². The van der Waals surface area contributed by atoms with Crippen molar-refractivity contribution in [1.82, 2.24) is 0 Å². The fourth-order valence-corrected chi connectivity index (χ4v) is 7.28. The maximum atomic E-state index is 7.20. The molecule has 0 bridgehead atoms. The molecule has 0 aliphatic carbocycles. The van der Waals surface area contributed by atoms with Gasteiger partial charge in [-0.15, -0.1) is 0 Å². The second kappa shape index (κ2) is 10.4. The van der Waals surface area contributed by atoms with Crippen molar-refractivity contribution in [2.75, 3.05) is 0 Å². The minimum atomic E-state index is -2.07. The van der Waals surface area contributed by atoms with Gasteiger partial charge in [-0.2, -0.15) is 0 Å². The van der Waals surface area contributed by atoms with Gasteiger partial charge in [0.1, 0.15) is 12.2 Å². The summed E-state index contributed by atoms with van der Waals surface area (Å²) >= 11 is 2.31. The van der Waals surface area contributed by atoms with E-state index in [1.807, 2.05) is 0 Å². The van der Waals surface area contributed by atoms with E-state index in [-0.39, 0.29) is 52.6 Å². The summed E-state index contributed by atoms with van der Waals surface area (Å²) in [4.78, 5) is 0.